The third-order valence-corrected chi connectivity index (χ3v) is 2.78. The molecule has 0 saturated carbocycles. The summed E-state index contributed by atoms with van der Waals surface area (Å²) in [5.41, 5.74) is 0.763. The van der Waals surface area contributed by atoms with Crippen molar-refractivity contribution in [2.75, 3.05) is 12.4 Å². The largest absolute Gasteiger partial charge is 0.497 e. The number of nitrogens with one attached hydrogen (secondary N) is 1. The van der Waals surface area contributed by atoms with E-state index in [1.807, 2.05) is 0 Å². The summed E-state index contributed by atoms with van der Waals surface area (Å²) >= 11 is 6.04. The van der Waals surface area contributed by atoms with Gasteiger partial charge in [-0.2, -0.15) is 0 Å². The number of benzene rings is 1. The van der Waals surface area contributed by atoms with Crippen molar-refractivity contribution in [2.24, 2.45) is 0 Å². The van der Waals surface area contributed by atoms with Gasteiger partial charge in [-0.1, -0.05) is 11.6 Å². The molecule has 5 nitrogen and oxygen atoms in total. The molecule has 98 valence electrons. The summed E-state index contributed by atoms with van der Waals surface area (Å²) in [4.78, 5) is 14.7. The molecule has 0 fully saturated rings. The quantitative estimate of drug-likeness (QED) is 0.899. The predicted octanol–water partition coefficient (Wildman–Crippen LogP) is 3.19. The van der Waals surface area contributed by atoms with Gasteiger partial charge in [-0.05, 0) is 24.3 Å². The maximum absolute atomic E-state index is 10.7. The number of nitrogens with zero attached hydrogens (tertiary/aromatic N) is 1. The molecule has 2 aromatic rings. The Hall–Kier alpha value is -2.27. The number of hydrogen-bond acceptors (Lipinski definition) is 4. The number of anilines is 2. The van der Waals surface area contributed by atoms with Gasteiger partial charge in [-0.15, -0.1) is 0 Å². The number of aromatic carboxylic acids is 1. The molecule has 1 aromatic carbocycles. The minimum absolute atomic E-state index is 0.127. The van der Waals surface area contributed by atoms with Gasteiger partial charge in [0.05, 0.1) is 23.4 Å². The molecule has 0 bridgehead atoms. The van der Waals surface area contributed by atoms with Gasteiger partial charge in [0.1, 0.15) is 11.6 Å². The van der Waals surface area contributed by atoms with E-state index in [0.29, 0.717) is 22.3 Å². The summed E-state index contributed by atoms with van der Waals surface area (Å²) in [7, 11) is 1.56. The standard InChI is InChI=1S/C13H11ClN2O3/c1-19-9-3-4-10(14)11(6-9)16-12-5-2-8(7-15-12)13(17)18/h2-7H,1H3,(H,15,16)(H,17,18). The van der Waals surface area contributed by atoms with Gasteiger partial charge in [-0.25, -0.2) is 9.78 Å². The Morgan fingerprint density at radius 2 is 2.16 bits per heavy atom. The van der Waals surface area contributed by atoms with Crippen LogP contribution in [0.15, 0.2) is 36.5 Å². The normalized spacial score (nSPS) is 10.0. The highest BCUT2D eigenvalue weighted by atomic mass is 35.5. The van der Waals surface area contributed by atoms with Gasteiger partial charge in [0.25, 0.3) is 0 Å². The van der Waals surface area contributed by atoms with Crippen LogP contribution in [0.25, 0.3) is 0 Å². The Morgan fingerprint density at radius 3 is 2.74 bits per heavy atom. The molecule has 2 N–H and O–H groups in total. The first-order chi connectivity index (χ1) is 9.10. The fourth-order valence-electron chi connectivity index (χ4n) is 1.46. The van der Waals surface area contributed by atoms with E-state index in [4.69, 9.17) is 21.4 Å². The van der Waals surface area contributed by atoms with E-state index in [2.05, 4.69) is 10.3 Å². The van der Waals surface area contributed by atoms with Crippen LogP contribution in [0.2, 0.25) is 5.02 Å². The maximum Gasteiger partial charge on any atom is 0.337 e. The van der Waals surface area contributed by atoms with E-state index in [1.54, 1.807) is 31.4 Å². The van der Waals surface area contributed by atoms with Crippen LogP contribution in [0.3, 0.4) is 0 Å². The lowest BCUT2D eigenvalue weighted by molar-refractivity contribution is 0.0696. The predicted molar refractivity (Wildman–Crippen MR) is 72.5 cm³/mol. The number of aromatic nitrogens is 1. The highest BCUT2D eigenvalue weighted by molar-refractivity contribution is 6.33. The van der Waals surface area contributed by atoms with Crippen LogP contribution in [-0.4, -0.2) is 23.2 Å². The van der Waals surface area contributed by atoms with E-state index in [-0.39, 0.29) is 5.56 Å². The number of carboxylic acids is 1. The van der Waals surface area contributed by atoms with E-state index in [0.717, 1.165) is 0 Å². The second kappa shape index (κ2) is 5.58. The van der Waals surface area contributed by atoms with Crippen molar-refractivity contribution in [1.82, 2.24) is 4.98 Å². The van der Waals surface area contributed by atoms with Crippen molar-refractivity contribution in [1.29, 1.82) is 0 Å². The van der Waals surface area contributed by atoms with Crippen LogP contribution >= 0.6 is 11.6 Å². The van der Waals surface area contributed by atoms with Crippen molar-refractivity contribution < 1.29 is 14.6 Å². The summed E-state index contributed by atoms with van der Waals surface area (Å²) in [6, 6.07) is 8.21. The zero-order valence-electron chi connectivity index (χ0n) is 10.1. The number of carboxylic acid groups (broad SMARTS) is 1. The first-order valence-electron chi connectivity index (χ1n) is 5.40. The number of rotatable bonds is 4. The molecule has 0 aliphatic heterocycles. The first-order valence-corrected chi connectivity index (χ1v) is 5.78. The summed E-state index contributed by atoms with van der Waals surface area (Å²) in [6.45, 7) is 0. The topological polar surface area (TPSA) is 71.5 Å². The fraction of sp³-hybridized carbons (Fsp3) is 0.0769. The minimum Gasteiger partial charge on any atom is -0.497 e. The summed E-state index contributed by atoms with van der Waals surface area (Å²) in [6.07, 6.45) is 1.28. The van der Waals surface area contributed by atoms with Crippen molar-refractivity contribution in [3.8, 4) is 5.75 Å². The summed E-state index contributed by atoms with van der Waals surface area (Å²) in [5.74, 6) is 0.146. The monoisotopic (exact) mass is 278 g/mol. The maximum atomic E-state index is 10.7. The Bertz CT molecular complexity index is 599. The van der Waals surface area contributed by atoms with E-state index >= 15 is 0 Å². The molecule has 0 aliphatic rings. The van der Waals surface area contributed by atoms with Gasteiger partial charge in [0.15, 0.2) is 0 Å². The highest BCUT2D eigenvalue weighted by Crippen LogP contribution is 2.28. The lowest BCUT2D eigenvalue weighted by atomic mass is 10.2. The van der Waals surface area contributed by atoms with Gasteiger partial charge in [0, 0.05) is 12.3 Å². The number of hydrogen-bond donors (Lipinski definition) is 2. The van der Waals surface area contributed by atoms with Crippen LogP contribution in [-0.2, 0) is 0 Å². The molecular formula is C13H11ClN2O3. The number of methoxy groups -OCH3 is 1. The number of ether oxygens (including phenoxy) is 1. The molecule has 0 amide bonds. The third-order valence-electron chi connectivity index (χ3n) is 2.45. The zero-order chi connectivity index (χ0) is 13.8. The SMILES string of the molecule is COc1ccc(Cl)c(Nc2ccc(C(=O)O)cn2)c1. The van der Waals surface area contributed by atoms with E-state index in [1.165, 1.54) is 12.3 Å². The Labute approximate surface area is 114 Å². The molecule has 1 aromatic heterocycles. The molecule has 19 heavy (non-hydrogen) atoms. The lowest BCUT2D eigenvalue weighted by Gasteiger charge is -2.09. The van der Waals surface area contributed by atoms with Gasteiger partial charge in [0.2, 0.25) is 0 Å². The Balaban J connectivity index is 2.23. The fourth-order valence-corrected chi connectivity index (χ4v) is 1.62. The molecule has 0 spiro atoms. The molecule has 0 aliphatic carbocycles. The molecule has 0 unspecified atom stereocenters. The van der Waals surface area contributed by atoms with Gasteiger partial charge in [-0.3, -0.25) is 0 Å². The summed E-state index contributed by atoms with van der Waals surface area (Å²) < 4.78 is 5.10. The number of carbonyl (C=O) groups is 1. The molecule has 2 rings (SSSR count). The van der Waals surface area contributed by atoms with E-state index in [9.17, 15) is 4.79 Å². The molecule has 0 atom stereocenters. The van der Waals surface area contributed by atoms with E-state index < -0.39 is 5.97 Å². The van der Waals surface area contributed by atoms with Crippen molar-refractivity contribution in [3.63, 3.8) is 0 Å². The van der Waals surface area contributed by atoms with Crippen LogP contribution in [0.5, 0.6) is 5.75 Å². The third kappa shape index (κ3) is 3.14. The van der Waals surface area contributed by atoms with Crippen molar-refractivity contribution >= 4 is 29.1 Å². The van der Waals surface area contributed by atoms with Gasteiger partial charge < -0.3 is 15.2 Å². The highest BCUT2D eigenvalue weighted by Gasteiger charge is 2.06. The molecule has 6 heteroatoms. The zero-order valence-corrected chi connectivity index (χ0v) is 10.8. The number of pyridine rings is 1. The smallest absolute Gasteiger partial charge is 0.337 e. The van der Waals surface area contributed by atoms with Crippen molar-refractivity contribution in [3.05, 3.63) is 47.1 Å². The van der Waals surface area contributed by atoms with Crippen LogP contribution in [0.4, 0.5) is 11.5 Å². The average molecular weight is 279 g/mol. The van der Waals surface area contributed by atoms with Crippen LogP contribution in [0, 0.1) is 0 Å². The Kier molecular flexibility index (Phi) is 3.87. The second-order valence-corrected chi connectivity index (χ2v) is 4.12. The van der Waals surface area contributed by atoms with Gasteiger partial charge >= 0.3 is 5.97 Å². The summed E-state index contributed by atoms with van der Waals surface area (Å²) in [5, 5.41) is 12.3. The molecule has 1 heterocycles. The second-order valence-electron chi connectivity index (χ2n) is 3.71. The minimum atomic E-state index is -1.02. The number of halogens is 1. The molecule has 0 radical (unpaired) electrons. The Morgan fingerprint density at radius 1 is 1.37 bits per heavy atom. The molecular weight excluding hydrogens is 268 g/mol. The first kappa shape index (κ1) is 13.2. The van der Waals surface area contributed by atoms with Crippen LogP contribution < -0.4 is 10.1 Å². The van der Waals surface area contributed by atoms with Crippen molar-refractivity contribution in [2.45, 2.75) is 0 Å². The van der Waals surface area contributed by atoms with Crippen LogP contribution in [0.1, 0.15) is 10.4 Å². The lowest BCUT2D eigenvalue weighted by Crippen LogP contribution is -1.99. The molecule has 0 saturated heterocycles. The average Bonchev–Trinajstić information content (AvgIpc) is 2.42.